The summed E-state index contributed by atoms with van der Waals surface area (Å²) >= 11 is 13.2. The number of nitrogens with zero attached hydrogens (tertiary/aromatic N) is 3. The number of benzene rings is 1. The summed E-state index contributed by atoms with van der Waals surface area (Å²) in [7, 11) is 0. The minimum Gasteiger partial charge on any atom is -0.322 e. The van der Waals surface area contributed by atoms with Gasteiger partial charge in [0.05, 0.1) is 33.8 Å². The number of rotatable bonds is 4. The molecule has 3 aromatic rings. The molecule has 0 spiro atoms. The molecular formula is C13H10Cl2FN3S. The molecule has 7 heteroatoms. The first kappa shape index (κ1) is 13.8. The first-order chi connectivity index (χ1) is 9.69. The van der Waals surface area contributed by atoms with Crippen LogP contribution in [0.3, 0.4) is 0 Å². The van der Waals surface area contributed by atoms with Crippen LogP contribution in [0.4, 0.5) is 4.39 Å². The first-order valence-electron chi connectivity index (χ1n) is 5.96. The summed E-state index contributed by atoms with van der Waals surface area (Å²) in [6, 6.07) is 2.95. The lowest BCUT2D eigenvalue weighted by Crippen LogP contribution is -2.06. The summed E-state index contributed by atoms with van der Waals surface area (Å²) in [6.07, 6.45) is 0.611. The Morgan fingerprint density at radius 1 is 1.35 bits per heavy atom. The van der Waals surface area contributed by atoms with Crippen molar-refractivity contribution >= 4 is 45.6 Å². The van der Waals surface area contributed by atoms with Crippen LogP contribution in [0.25, 0.3) is 11.0 Å². The predicted octanol–water partition coefficient (Wildman–Crippen LogP) is 4.11. The molecule has 2 heterocycles. The van der Waals surface area contributed by atoms with E-state index in [1.54, 1.807) is 11.6 Å². The van der Waals surface area contributed by atoms with Gasteiger partial charge in [0.1, 0.15) is 11.6 Å². The van der Waals surface area contributed by atoms with Gasteiger partial charge in [0, 0.05) is 23.7 Å². The predicted molar refractivity (Wildman–Crippen MR) is 80.3 cm³/mol. The van der Waals surface area contributed by atoms with Crippen molar-refractivity contribution < 1.29 is 4.39 Å². The number of hydrogen-bond acceptors (Lipinski definition) is 3. The lowest BCUT2D eigenvalue weighted by atomic mass is 10.3. The van der Waals surface area contributed by atoms with Crippen LogP contribution in [-0.4, -0.2) is 20.4 Å². The second-order valence-electron chi connectivity index (χ2n) is 4.29. The molecule has 3 nitrogen and oxygen atoms in total. The average Bonchev–Trinajstić information content (AvgIpc) is 3.02. The van der Waals surface area contributed by atoms with Gasteiger partial charge in [-0.25, -0.2) is 14.4 Å². The zero-order valence-corrected chi connectivity index (χ0v) is 12.6. The Kier molecular flexibility index (Phi) is 3.92. The molecule has 2 aromatic heterocycles. The van der Waals surface area contributed by atoms with E-state index in [4.69, 9.17) is 23.2 Å². The summed E-state index contributed by atoms with van der Waals surface area (Å²) < 4.78 is 15.5. The summed E-state index contributed by atoms with van der Waals surface area (Å²) in [6.45, 7) is 0.578. The lowest BCUT2D eigenvalue weighted by molar-refractivity contribution is 0.629. The molecular weight excluding hydrogens is 320 g/mol. The molecule has 0 fully saturated rings. The Morgan fingerprint density at radius 3 is 2.90 bits per heavy atom. The number of alkyl halides is 1. The second-order valence-corrected chi connectivity index (χ2v) is 5.79. The molecule has 0 amide bonds. The van der Waals surface area contributed by atoms with Crippen molar-refractivity contribution in [1.29, 1.82) is 0 Å². The number of aromatic nitrogens is 3. The zero-order chi connectivity index (χ0) is 14.1. The van der Waals surface area contributed by atoms with Crippen molar-refractivity contribution in [2.24, 2.45) is 0 Å². The third-order valence-electron chi connectivity index (χ3n) is 2.99. The lowest BCUT2D eigenvalue weighted by Gasteiger charge is -2.06. The highest BCUT2D eigenvalue weighted by atomic mass is 35.5. The van der Waals surface area contributed by atoms with Crippen LogP contribution < -0.4 is 0 Å². The highest BCUT2D eigenvalue weighted by molar-refractivity contribution is 7.07. The van der Waals surface area contributed by atoms with E-state index in [-0.39, 0.29) is 5.02 Å². The number of imidazole rings is 1. The van der Waals surface area contributed by atoms with E-state index < -0.39 is 5.82 Å². The SMILES string of the molecule is Fc1cc2nc(CCCl)n(Cc3cscn3)c2cc1Cl. The maximum absolute atomic E-state index is 13.5. The third kappa shape index (κ3) is 2.53. The van der Waals surface area contributed by atoms with Gasteiger partial charge in [-0.05, 0) is 6.07 Å². The molecule has 0 radical (unpaired) electrons. The molecule has 0 aliphatic carbocycles. The van der Waals surface area contributed by atoms with Crippen LogP contribution in [0, 0.1) is 5.82 Å². The van der Waals surface area contributed by atoms with Gasteiger partial charge in [-0.15, -0.1) is 22.9 Å². The molecule has 20 heavy (non-hydrogen) atoms. The normalized spacial score (nSPS) is 11.3. The molecule has 3 rings (SSSR count). The third-order valence-corrected chi connectivity index (χ3v) is 4.10. The maximum Gasteiger partial charge on any atom is 0.144 e. The molecule has 0 aliphatic heterocycles. The van der Waals surface area contributed by atoms with E-state index in [1.807, 2.05) is 9.95 Å². The minimum atomic E-state index is -0.463. The maximum atomic E-state index is 13.5. The van der Waals surface area contributed by atoms with Crippen molar-refractivity contribution in [3.63, 3.8) is 0 Å². The van der Waals surface area contributed by atoms with Crippen LogP contribution in [0.15, 0.2) is 23.0 Å². The van der Waals surface area contributed by atoms with E-state index in [9.17, 15) is 4.39 Å². The molecule has 0 bridgehead atoms. The number of hydrogen-bond donors (Lipinski definition) is 0. The van der Waals surface area contributed by atoms with Crippen LogP contribution >= 0.6 is 34.5 Å². The van der Waals surface area contributed by atoms with E-state index in [2.05, 4.69) is 9.97 Å². The van der Waals surface area contributed by atoms with Crippen LogP contribution in [0.2, 0.25) is 5.02 Å². The van der Waals surface area contributed by atoms with E-state index in [1.165, 1.54) is 17.4 Å². The van der Waals surface area contributed by atoms with Crippen molar-refractivity contribution in [3.05, 3.63) is 45.4 Å². The fraction of sp³-hybridized carbons (Fsp3) is 0.231. The second kappa shape index (κ2) is 5.68. The van der Waals surface area contributed by atoms with Crippen LogP contribution in [-0.2, 0) is 13.0 Å². The molecule has 0 atom stereocenters. The molecule has 0 aliphatic rings. The van der Waals surface area contributed by atoms with E-state index in [0.717, 1.165) is 17.0 Å². The minimum absolute atomic E-state index is 0.0920. The zero-order valence-electron chi connectivity index (χ0n) is 10.3. The summed E-state index contributed by atoms with van der Waals surface area (Å²) in [5, 5.41) is 2.07. The molecule has 104 valence electrons. The van der Waals surface area contributed by atoms with E-state index in [0.29, 0.717) is 24.4 Å². The largest absolute Gasteiger partial charge is 0.322 e. The fourth-order valence-electron chi connectivity index (χ4n) is 2.10. The number of fused-ring (bicyclic) bond motifs is 1. The van der Waals surface area contributed by atoms with Crippen LogP contribution in [0.1, 0.15) is 11.5 Å². The molecule has 1 aromatic carbocycles. The monoisotopic (exact) mass is 329 g/mol. The van der Waals surface area contributed by atoms with Gasteiger partial charge in [-0.3, -0.25) is 0 Å². The summed E-state index contributed by atoms with van der Waals surface area (Å²) in [5.74, 6) is 0.802. The van der Waals surface area contributed by atoms with Crippen LogP contribution in [0.5, 0.6) is 0 Å². The summed E-state index contributed by atoms with van der Waals surface area (Å²) in [5.41, 5.74) is 4.10. The van der Waals surface area contributed by atoms with Gasteiger partial charge in [-0.1, -0.05) is 11.6 Å². The molecule has 0 N–H and O–H groups in total. The average molecular weight is 330 g/mol. The Balaban J connectivity index is 2.15. The standard InChI is InChI=1S/C13H10Cl2FN3S/c14-2-1-13-18-11-4-10(16)9(15)3-12(11)19(13)5-8-6-20-7-17-8/h3-4,6-7H,1-2,5H2. The first-order valence-corrected chi connectivity index (χ1v) is 7.81. The number of thiazole rings is 1. The summed E-state index contributed by atoms with van der Waals surface area (Å²) in [4.78, 5) is 8.71. The van der Waals surface area contributed by atoms with Gasteiger partial charge < -0.3 is 4.57 Å². The Morgan fingerprint density at radius 2 is 2.20 bits per heavy atom. The Bertz CT molecular complexity index is 740. The van der Waals surface area contributed by atoms with Gasteiger partial charge in [-0.2, -0.15) is 0 Å². The number of aryl methyl sites for hydroxylation is 1. The van der Waals surface area contributed by atoms with Crippen molar-refractivity contribution in [3.8, 4) is 0 Å². The van der Waals surface area contributed by atoms with Gasteiger partial charge in [0.2, 0.25) is 0 Å². The topological polar surface area (TPSA) is 30.7 Å². The number of halogens is 3. The smallest absolute Gasteiger partial charge is 0.144 e. The van der Waals surface area contributed by atoms with Gasteiger partial charge in [0.15, 0.2) is 0 Å². The highest BCUT2D eigenvalue weighted by Gasteiger charge is 2.14. The van der Waals surface area contributed by atoms with E-state index >= 15 is 0 Å². The van der Waals surface area contributed by atoms with Crippen molar-refractivity contribution in [1.82, 2.24) is 14.5 Å². The van der Waals surface area contributed by atoms with Crippen molar-refractivity contribution in [2.45, 2.75) is 13.0 Å². The Labute approximate surface area is 129 Å². The molecule has 0 saturated carbocycles. The highest BCUT2D eigenvalue weighted by Crippen LogP contribution is 2.25. The van der Waals surface area contributed by atoms with Crippen molar-refractivity contribution in [2.75, 3.05) is 5.88 Å². The molecule has 0 saturated heterocycles. The van der Waals surface area contributed by atoms with Gasteiger partial charge >= 0.3 is 0 Å². The quantitative estimate of drug-likeness (QED) is 0.674. The fourth-order valence-corrected chi connectivity index (χ4v) is 2.98. The molecule has 0 unspecified atom stereocenters. The Hall–Kier alpha value is -1.17. The van der Waals surface area contributed by atoms with Gasteiger partial charge in [0.25, 0.3) is 0 Å².